The topological polar surface area (TPSA) is 37.8 Å². The molecular weight excluding hydrogens is 269 g/mol. The van der Waals surface area contributed by atoms with Gasteiger partial charge in [-0.15, -0.1) is 0 Å². The van der Waals surface area contributed by atoms with Crippen LogP contribution in [0.5, 0.6) is 0 Å². The van der Waals surface area contributed by atoms with E-state index < -0.39 is 0 Å². The molecule has 1 aliphatic carbocycles. The average molecular weight is 280 g/mol. The molecule has 1 aliphatic rings. The zero-order valence-electron chi connectivity index (χ0n) is 9.53. The lowest BCUT2D eigenvalue weighted by atomic mass is 10.1. The Balaban J connectivity index is 1.90. The van der Waals surface area contributed by atoms with E-state index in [0.29, 0.717) is 10.8 Å². The van der Waals surface area contributed by atoms with Crippen LogP contribution >= 0.6 is 23.2 Å². The fourth-order valence-electron chi connectivity index (χ4n) is 2.34. The van der Waals surface area contributed by atoms with Crippen LogP contribution in [0.4, 0.5) is 5.82 Å². The van der Waals surface area contributed by atoms with Crippen molar-refractivity contribution in [3.05, 3.63) is 51.9 Å². The van der Waals surface area contributed by atoms with Crippen molar-refractivity contribution in [2.75, 3.05) is 5.32 Å². The second kappa shape index (κ2) is 4.75. The summed E-state index contributed by atoms with van der Waals surface area (Å²) in [6.07, 6.45) is 5.06. The summed E-state index contributed by atoms with van der Waals surface area (Å²) < 4.78 is 0. The van der Waals surface area contributed by atoms with Gasteiger partial charge in [-0.1, -0.05) is 35.3 Å². The van der Waals surface area contributed by atoms with Gasteiger partial charge in [0.15, 0.2) is 0 Å². The van der Waals surface area contributed by atoms with Crippen LogP contribution in [-0.4, -0.2) is 9.97 Å². The Hall–Kier alpha value is -1.32. The first-order valence-electron chi connectivity index (χ1n) is 5.75. The summed E-state index contributed by atoms with van der Waals surface area (Å²) >= 11 is 12.2. The molecule has 1 atom stereocenters. The summed E-state index contributed by atoms with van der Waals surface area (Å²) in [6.45, 7) is 0. The molecule has 18 heavy (non-hydrogen) atoms. The van der Waals surface area contributed by atoms with E-state index in [-0.39, 0.29) is 6.04 Å². The van der Waals surface area contributed by atoms with E-state index in [2.05, 4.69) is 21.4 Å². The van der Waals surface area contributed by atoms with Crippen molar-refractivity contribution in [1.82, 2.24) is 9.97 Å². The van der Waals surface area contributed by atoms with Crippen molar-refractivity contribution < 1.29 is 0 Å². The molecule has 0 bridgehead atoms. The molecule has 1 N–H and O–H groups in total. The number of nitrogens with zero attached hydrogens (tertiary/aromatic N) is 2. The quantitative estimate of drug-likeness (QED) is 0.907. The lowest BCUT2D eigenvalue weighted by Crippen LogP contribution is -2.08. The Morgan fingerprint density at radius 3 is 2.94 bits per heavy atom. The van der Waals surface area contributed by atoms with Gasteiger partial charge in [-0.3, -0.25) is 0 Å². The second-order valence-electron chi connectivity index (χ2n) is 4.26. The van der Waals surface area contributed by atoms with Crippen molar-refractivity contribution in [3.63, 3.8) is 0 Å². The summed E-state index contributed by atoms with van der Waals surface area (Å²) in [4.78, 5) is 8.02. The van der Waals surface area contributed by atoms with Gasteiger partial charge in [-0.05, 0) is 30.0 Å². The molecule has 0 saturated heterocycles. The standard InChI is InChI=1S/C13H11Cl2N3/c14-10-3-1-2-9-8(10)4-5-12(9)18-13-11(15)6-16-7-17-13/h1-3,6-7,12H,4-5H2,(H,16,17,18). The highest BCUT2D eigenvalue weighted by Gasteiger charge is 2.24. The molecule has 1 aromatic carbocycles. The van der Waals surface area contributed by atoms with Crippen molar-refractivity contribution >= 4 is 29.0 Å². The third kappa shape index (κ3) is 2.04. The van der Waals surface area contributed by atoms with Crippen LogP contribution in [0.1, 0.15) is 23.6 Å². The Labute approximate surface area is 115 Å². The summed E-state index contributed by atoms with van der Waals surface area (Å²) in [5.41, 5.74) is 2.46. The van der Waals surface area contributed by atoms with Gasteiger partial charge in [0.05, 0.1) is 12.2 Å². The lowest BCUT2D eigenvalue weighted by Gasteiger charge is -2.15. The highest BCUT2D eigenvalue weighted by Crippen LogP contribution is 2.37. The van der Waals surface area contributed by atoms with Gasteiger partial charge in [0.1, 0.15) is 17.2 Å². The minimum atomic E-state index is 0.214. The first-order valence-corrected chi connectivity index (χ1v) is 6.50. The van der Waals surface area contributed by atoms with Gasteiger partial charge in [0.2, 0.25) is 0 Å². The number of hydrogen-bond donors (Lipinski definition) is 1. The number of hydrogen-bond acceptors (Lipinski definition) is 3. The molecule has 3 nitrogen and oxygen atoms in total. The van der Waals surface area contributed by atoms with Gasteiger partial charge in [0, 0.05) is 5.02 Å². The fraction of sp³-hybridized carbons (Fsp3) is 0.231. The van der Waals surface area contributed by atoms with E-state index in [1.54, 1.807) is 6.20 Å². The van der Waals surface area contributed by atoms with Gasteiger partial charge >= 0.3 is 0 Å². The van der Waals surface area contributed by atoms with E-state index in [1.807, 2.05) is 12.1 Å². The maximum atomic E-state index is 6.19. The fourth-order valence-corrected chi connectivity index (χ4v) is 2.78. The summed E-state index contributed by atoms with van der Waals surface area (Å²) in [5.74, 6) is 0.671. The monoisotopic (exact) mass is 279 g/mol. The van der Waals surface area contributed by atoms with E-state index in [9.17, 15) is 0 Å². The smallest absolute Gasteiger partial charge is 0.148 e. The zero-order chi connectivity index (χ0) is 12.5. The van der Waals surface area contributed by atoms with Gasteiger partial charge < -0.3 is 5.32 Å². The number of nitrogens with one attached hydrogen (secondary N) is 1. The third-order valence-corrected chi connectivity index (χ3v) is 3.82. The van der Waals surface area contributed by atoms with Crippen LogP contribution in [0.3, 0.4) is 0 Å². The van der Waals surface area contributed by atoms with Crippen molar-refractivity contribution in [3.8, 4) is 0 Å². The Kier molecular flexibility index (Phi) is 3.10. The maximum absolute atomic E-state index is 6.19. The van der Waals surface area contributed by atoms with Crippen molar-refractivity contribution in [2.45, 2.75) is 18.9 Å². The number of anilines is 1. The SMILES string of the molecule is Clc1cncnc1NC1CCc2c(Cl)cccc21. The van der Waals surface area contributed by atoms with E-state index in [4.69, 9.17) is 23.2 Å². The highest BCUT2D eigenvalue weighted by atomic mass is 35.5. The first-order chi connectivity index (χ1) is 8.75. The molecule has 0 aliphatic heterocycles. The van der Waals surface area contributed by atoms with Crippen molar-refractivity contribution in [1.29, 1.82) is 0 Å². The van der Waals surface area contributed by atoms with E-state index in [0.717, 1.165) is 17.9 Å². The largest absolute Gasteiger partial charge is 0.362 e. The predicted octanol–water partition coefficient (Wildman–Crippen LogP) is 3.88. The third-order valence-electron chi connectivity index (χ3n) is 3.19. The minimum absolute atomic E-state index is 0.214. The molecule has 0 radical (unpaired) electrons. The molecule has 2 aromatic rings. The number of halogens is 2. The molecule has 0 saturated carbocycles. The molecule has 0 spiro atoms. The van der Waals surface area contributed by atoms with E-state index in [1.165, 1.54) is 17.5 Å². The molecule has 3 rings (SSSR count). The highest BCUT2D eigenvalue weighted by molar-refractivity contribution is 6.32. The Morgan fingerprint density at radius 1 is 1.22 bits per heavy atom. The van der Waals surface area contributed by atoms with Gasteiger partial charge in [-0.2, -0.15) is 0 Å². The normalized spacial score (nSPS) is 17.6. The molecule has 5 heteroatoms. The number of fused-ring (bicyclic) bond motifs is 1. The molecule has 1 unspecified atom stereocenters. The van der Waals surface area contributed by atoms with Crippen LogP contribution in [0.15, 0.2) is 30.7 Å². The minimum Gasteiger partial charge on any atom is -0.362 e. The summed E-state index contributed by atoms with van der Waals surface area (Å²) in [6, 6.07) is 6.22. The Bertz CT molecular complexity index is 586. The first kappa shape index (κ1) is 11.8. The molecule has 1 heterocycles. The molecule has 0 amide bonds. The summed E-state index contributed by atoms with van der Waals surface area (Å²) in [7, 11) is 0. The van der Waals surface area contributed by atoms with Crippen LogP contribution in [0.25, 0.3) is 0 Å². The van der Waals surface area contributed by atoms with Crippen LogP contribution in [0, 0.1) is 0 Å². The molecule has 0 fully saturated rings. The average Bonchev–Trinajstić information content (AvgIpc) is 2.77. The van der Waals surface area contributed by atoms with Gasteiger partial charge in [-0.25, -0.2) is 9.97 Å². The maximum Gasteiger partial charge on any atom is 0.148 e. The lowest BCUT2D eigenvalue weighted by molar-refractivity contribution is 0.756. The Morgan fingerprint density at radius 2 is 2.11 bits per heavy atom. The van der Waals surface area contributed by atoms with E-state index >= 15 is 0 Å². The van der Waals surface area contributed by atoms with Crippen LogP contribution in [-0.2, 0) is 6.42 Å². The summed E-state index contributed by atoms with van der Waals surface area (Å²) in [5, 5.41) is 4.72. The predicted molar refractivity (Wildman–Crippen MR) is 73.2 cm³/mol. The zero-order valence-corrected chi connectivity index (χ0v) is 11.0. The molecule has 92 valence electrons. The van der Waals surface area contributed by atoms with Crippen LogP contribution < -0.4 is 5.32 Å². The number of benzene rings is 1. The number of rotatable bonds is 2. The van der Waals surface area contributed by atoms with Crippen molar-refractivity contribution in [2.24, 2.45) is 0 Å². The van der Waals surface area contributed by atoms with Gasteiger partial charge in [0.25, 0.3) is 0 Å². The van der Waals surface area contributed by atoms with Crippen LogP contribution in [0.2, 0.25) is 10.0 Å². The number of aromatic nitrogens is 2. The molecule has 1 aromatic heterocycles. The molecular formula is C13H11Cl2N3. The second-order valence-corrected chi connectivity index (χ2v) is 5.08.